The summed E-state index contributed by atoms with van der Waals surface area (Å²) in [6, 6.07) is 13.5. The lowest BCUT2D eigenvalue weighted by molar-refractivity contribution is -0.122. The van der Waals surface area contributed by atoms with Crippen molar-refractivity contribution in [3.63, 3.8) is 0 Å². The van der Waals surface area contributed by atoms with E-state index in [4.69, 9.17) is 17.0 Å². The summed E-state index contributed by atoms with van der Waals surface area (Å²) in [5.41, 5.74) is 4.04. The number of hydrogen-bond donors (Lipinski definition) is 1. The molecule has 1 heterocycles. The van der Waals surface area contributed by atoms with Crippen LogP contribution < -0.4 is 10.1 Å². The molecule has 7 heteroatoms. The van der Waals surface area contributed by atoms with Crippen molar-refractivity contribution in [3.05, 3.63) is 64.1 Å². The van der Waals surface area contributed by atoms with Crippen LogP contribution in [0.3, 0.4) is 0 Å². The number of unbranched alkanes of at least 4 members (excludes halogenated alkanes) is 2. The molecule has 3 rings (SSSR count). The molecular weight excluding hydrogens is 440 g/mol. The van der Waals surface area contributed by atoms with Crippen LogP contribution in [-0.2, 0) is 9.59 Å². The highest BCUT2D eigenvalue weighted by Crippen LogP contribution is 2.33. The highest BCUT2D eigenvalue weighted by Gasteiger charge is 2.31. The van der Waals surface area contributed by atoms with E-state index in [1.807, 2.05) is 56.3 Å². The highest BCUT2D eigenvalue weighted by atomic mass is 32.2. The molecule has 1 aliphatic rings. The van der Waals surface area contributed by atoms with Crippen LogP contribution in [0.4, 0.5) is 5.69 Å². The Morgan fingerprint density at radius 1 is 1.12 bits per heavy atom. The summed E-state index contributed by atoms with van der Waals surface area (Å²) < 4.78 is 5.75. The molecule has 0 saturated carbocycles. The molecule has 2 amide bonds. The number of thiocarbonyl (C=S) groups is 1. The second-order valence-corrected chi connectivity index (χ2v) is 9.46. The van der Waals surface area contributed by atoms with Crippen LogP contribution in [0.2, 0.25) is 0 Å². The Labute approximate surface area is 199 Å². The van der Waals surface area contributed by atoms with E-state index < -0.39 is 0 Å². The van der Waals surface area contributed by atoms with Crippen molar-refractivity contribution in [2.75, 3.05) is 19.0 Å². The summed E-state index contributed by atoms with van der Waals surface area (Å²) >= 11 is 6.74. The van der Waals surface area contributed by atoms with Crippen LogP contribution in [0.1, 0.15) is 42.4 Å². The smallest absolute Gasteiger partial charge is 0.266 e. The number of carbonyl (C=O) groups excluding carboxylic acids is 2. The second-order valence-electron chi connectivity index (χ2n) is 7.78. The lowest BCUT2D eigenvalue weighted by atomic mass is 10.1. The van der Waals surface area contributed by atoms with E-state index in [0.717, 1.165) is 41.8 Å². The summed E-state index contributed by atoms with van der Waals surface area (Å²) in [5.74, 6) is 0.741. The molecule has 0 atom stereocenters. The first-order chi connectivity index (χ1) is 15.4. The summed E-state index contributed by atoms with van der Waals surface area (Å²) in [4.78, 5) is 27.2. The minimum absolute atomic E-state index is 0.0185. The molecule has 1 N–H and O–H groups in total. The zero-order valence-electron chi connectivity index (χ0n) is 18.6. The first-order valence-corrected chi connectivity index (χ1v) is 11.9. The van der Waals surface area contributed by atoms with Crippen LogP contribution in [0.15, 0.2) is 47.4 Å². The Morgan fingerprint density at radius 3 is 2.56 bits per heavy atom. The number of benzene rings is 2. The molecule has 0 spiro atoms. The average Bonchev–Trinajstić information content (AvgIpc) is 3.03. The normalized spacial score (nSPS) is 14.8. The molecule has 32 heavy (non-hydrogen) atoms. The Morgan fingerprint density at radius 2 is 1.88 bits per heavy atom. The number of aryl methyl sites for hydroxylation is 2. The van der Waals surface area contributed by atoms with Crippen molar-refractivity contribution in [1.82, 2.24) is 4.90 Å². The fraction of sp³-hybridized carbons (Fsp3) is 0.320. The number of methoxy groups -OCH3 is 1. The molecule has 0 aromatic heterocycles. The van der Waals surface area contributed by atoms with Gasteiger partial charge in [-0.25, -0.2) is 0 Å². The van der Waals surface area contributed by atoms with E-state index in [9.17, 15) is 9.59 Å². The summed E-state index contributed by atoms with van der Waals surface area (Å²) in [6.45, 7) is 4.60. The largest absolute Gasteiger partial charge is 0.497 e. The van der Waals surface area contributed by atoms with Gasteiger partial charge in [0.05, 0.1) is 12.0 Å². The SMILES string of the molecule is COc1ccc(C=C2SC(=S)N(CCCCCC(=O)Nc3ccc(C)cc3C)C2=O)cc1. The Balaban J connectivity index is 1.42. The summed E-state index contributed by atoms with van der Waals surface area (Å²) in [5, 5.41) is 2.98. The third kappa shape index (κ3) is 6.43. The fourth-order valence-electron chi connectivity index (χ4n) is 3.44. The van der Waals surface area contributed by atoms with Crippen molar-refractivity contribution in [1.29, 1.82) is 0 Å². The van der Waals surface area contributed by atoms with E-state index in [-0.39, 0.29) is 11.8 Å². The van der Waals surface area contributed by atoms with Crippen LogP contribution in [0, 0.1) is 13.8 Å². The Bertz CT molecular complexity index is 1030. The topological polar surface area (TPSA) is 58.6 Å². The van der Waals surface area contributed by atoms with Gasteiger partial charge < -0.3 is 10.1 Å². The molecule has 1 aliphatic heterocycles. The van der Waals surface area contributed by atoms with Gasteiger partial charge in [-0.2, -0.15) is 0 Å². The van der Waals surface area contributed by atoms with Crippen molar-refractivity contribution in [3.8, 4) is 5.75 Å². The molecule has 2 aromatic rings. The highest BCUT2D eigenvalue weighted by molar-refractivity contribution is 8.26. The number of ether oxygens (including phenoxy) is 1. The zero-order chi connectivity index (χ0) is 23.1. The van der Waals surface area contributed by atoms with Gasteiger partial charge in [-0.1, -0.05) is 60.2 Å². The van der Waals surface area contributed by atoms with E-state index in [2.05, 4.69) is 11.4 Å². The Hall–Kier alpha value is -2.64. The van der Waals surface area contributed by atoms with Crippen LogP contribution in [0.25, 0.3) is 6.08 Å². The van der Waals surface area contributed by atoms with Gasteiger partial charge in [-0.3, -0.25) is 14.5 Å². The predicted molar refractivity (Wildman–Crippen MR) is 136 cm³/mol. The number of carbonyl (C=O) groups is 2. The third-order valence-electron chi connectivity index (χ3n) is 5.23. The van der Waals surface area contributed by atoms with Gasteiger partial charge in [-0.05, 0) is 62.1 Å². The first kappa shape index (κ1) is 24.0. The number of anilines is 1. The molecule has 0 aliphatic carbocycles. The maximum Gasteiger partial charge on any atom is 0.266 e. The predicted octanol–water partition coefficient (Wildman–Crippen LogP) is 5.71. The van der Waals surface area contributed by atoms with E-state index in [0.29, 0.717) is 22.2 Å². The number of amides is 2. The van der Waals surface area contributed by atoms with Gasteiger partial charge in [0.1, 0.15) is 10.1 Å². The van der Waals surface area contributed by atoms with E-state index in [1.54, 1.807) is 12.0 Å². The van der Waals surface area contributed by atoms with E-state index >= 15 is 0 Å². The van der Waals surface area contributed by atoms with Crippen molar-refractivity contribution in [2.45, 2.75) is 39.5 Å². The Kier molecular flexibility index (Phi) is 8.47. The number of rotatable bonds is 9. The average molecular weight is 469 g/mol. The standard InChI is InChI=1S/C25H28N2O3S2/c1-17-8-13-21(18(2)15-17)26-23(28)7-5-4-6-14-27-24(29)22(32-25(27)31)16-19-9-11-20(30-3)12-10-19/h8-13,15-16H,4-7,14H2,1-3H3,(H,26,28). The molecule has 168 valence electrons. The van der Waals surface area contributed by atoms with E-state index in [1.165, 1.54) is 17.3 Å². The van der Waals surface area contributed by atoms with Gasteiger partial charge in [0, 0.05) is 18.7 Å². The third-order valence-corrected chi connectivity index (χ3v) is 6.61. The van der Waals surface area contributed by atoms with Gasteiger partial charge in [-0.15, -0.1) is 0 Å². The van der Waals surface area contributed by atoms with Crippen molar-refractivity contribution >= 4 is 51.9 Å². The van der Waals surface area contributed by atoms with Crippen LogP contribution in [-0.4, -0.2) is 34.7 Å². The monoisotopic (exact) mass is 468 g/mol. The van der Waals surface area contributed by atoms with Crippen molar-refractivity contribution < 1.29 is 14.3 Å². The molecule has 0 radical (unpaired) electrons. The maximum absolute atomic E-state index is 12.7. The molecule has 2 aromatic carbocycles. The molecule has 0 unspecified atom stereocenters. The lowest BCUT2D eigenvalue weighted by Crippen LogP contribution is -2.29. The second kappa shape index (κ2) is 11.3. The minimum atomic E-state index is -0.0524. The summed E-state index contributed by atoms with van der Waals surface area (Å²) in [6.07, 6.45) is 4.75. The summed E-state index contributed by atoms with van der Waals surface area (Å²) in [7, 11) is 1.62. The number of thioether (sulfide) groups is 1. The quantitative estimate of drug-likeness (QED) is 0.290. The fourth-order valence-corrected chi connectivity index (χ4v) is 4.75. The molecule has 1 saturated heterocycles. The van der Waals surface area contributed by atoms with Crippen molar-refractivity contribution in [2.24, 2.45) is 0 Å². The number of nitrogens with zero attached hydrogens (tertiary/aromatic N) is 1. The lowest BCUT2D eigenvalue weighted by Gasteiger charge is -2.14. The molecular formula is C25H28N2O3S2. The van der Waals surface area contributed by atoms with Gasteiger partial charge in [0.25, 0.3) is 5.91 Å². The first-order valence-electron chi connectivity index (χ1n) is 10.6. The van der Waals surface area contributed by atoms with Gasteiger partial charge >= 0.3 is 0 Å². The maximum atomic E-state index is 12.7. The number of hydrogen-bond acceptors (Lipinski definition) is 5. The van der Waals surface area contributed by atoms with Crippen LogP contribution in [0.5, 0.6) is 5.75 Å². The minimum Gasteiger partial charge on any atom is -0.497 e. The molecule has 0 bridgehead atoms. The van der Waals surface area contributed by atoms with Gasteiger partial charge in [0.15, 0.2) is 0 Å². The molecule has 1 fully saturated rings. The molecule has 5 nitrogen and oxygen atoms in total. The van der Waals surface area contributed by atoms with Crippen LogP contribution >= 0.6 is 24.0 Å². The zero-order valence-corrected chi connectivity index (χ0v) is 20.3. The van der Waals surface area contributed by atoms with Gasteiger partial charge in [0.2, 0.25) is 5.91 Å². The number of nitrogens with one attached hydrogen (secondary N) is 1.